The van der Waals surface area contributed by atoms with Gasteiger partial charge in [-0.1, -0.05) is 6.08 Å². The summed E-state index contributed by atoms with van der Waals surface area (Å²) in [5.74, 6) is -1.46. The molecule has 0 aliphatic carbocycles. The Morgan fingerprint density at radius 3 is 2.40 bits per heavy atom. The van der Waals surface area contributed by atoms with Crippen molar-refractivity contribution in [2.75, 3.05) is 27.4 Å². The van der Waals surface area contributed by atoms with E-state index in [4.69, 9.17) is 14.2 Å². The molecule has 2 amide bonds. The van der Waals surface area contributed by atoms with Gasteiger partial charge in [0, 0.05) is 6.54 Å². The first-order valence-corrected chi connectivity index (χ1v) is 8.94. The van der Waals surface area contributed by atoms with Crippen molar-refractivity contribution in [3.63, 3.8) is 0 Å². The molecule has 154 valence electrons. The number of esters is 1. The summed E-state index contributed by atoms with van der Waals surface area (Å²) in [5, 5.41) is 0. The number of hydrogen-bond donors (Lipinski definition) is 0. The SMILES string of the molecule is C=CCN1C(=O)c2ccc(C(=O)OCC(=O)c3cc(OC)ccc3OC)cc2C1=O. The molecule has 8 heteroatoms. The molecular weight excluding hydrogens is 390 g/mol. The molecule has 2 aromatic carbocycles. The van der Waals surface area contributed by atoms with Crippen LogP contribution in [-0.4, -0.2) is 55.8 Å². The standard InChI is InChI=1S/C22H19NO7/c1-4-9-23-20(25)15-7-5-13(10-16(15)21(23)26)22(27)30-12-18(24)17-11-14(28-2)6-8-19(17)29-3/h4-8,10-11H,1,9,12H2,2-3H3. The molecule has 0 aromatic heterocycles. The van der Waals surface area contributed by atoms with Crippen molar-refractivity contribution in [3.8, 4) is 11.5 Å². The van der Waals surface area contributed by atoms with Crippen molar-refractivity contribution in [2.45, 2.75) is 0 Å². The molecule has 0 bridgehead atoms. The van der Waals surface area contributed by atoms with Crippen LogP contribution in [0.5, 0.6) is 11.5 Å². The van der Waals surface area contributed by atoms with Gasteiger partial charge < -0.3 is 14.2 Å². The lowest BCUT2D eigenvalue weighted by atomic mass is 10.1. The third-order valence-corrected chi connectivity index (χ3v) is 4.56. The molecule has 0 unspecified atom stereocenters. The number of fused-ring (bicyclic) bond motifs is 1. The second kappa shape index (κ2) is 8.60. The van der Waals surface area contributed by atoms with Gasteiger partial charge in [0.1, 0.15) is 11.5 Å². The van der Waals surface area contributed by atoms with Crippen LogP contribution in [0.15, 0.2) is 49.1 Å². The highest BCUT2D eigenvalue weighted by atomic mass is 16.5. The Bertz CT molecular complexity index is 1060. The van der Waals surface area contributed by atoms with Gasteiger partial charge in [0.05, 0.1) is 36.5 Å². The lowest BCUT2D eigenvalue weighted by Gasteiger charge is -2.10. The van der Waals surface area contributed by atoms with Gasteiger partial charge in [-0.3, -0.25) is 19.3 Å². The molecular formula is C22H19NO7. The summed E-state index contributed by atoms with van der Waals surface area (Å²) in [6.45, 7) is 3.06. The average molecular weight is 409 g/mol. The Hall–Kier alpha value is -3.94. The Labute approximate surface area is 172 Å². The van der Waals surface area contributed by atoms with E-state index < -0.39 is 30.2 Å². The van der Waals surface area contributed by atoms with Crippen LogP contribution in [0.25, 0.3) is 0 Å². The first kappa shape index (κ1) is 20.8. The van der Waals surface area contributed by atoms with Gasteiger partial charge in [-0.25, -0.2) is 4.79 Å². The zero-order chi connectivity index (χ0) is 21.8. The lowest BCUT2D eigenvalue weighted by molar-refractivity contribution is 0.0473. The summed E-state index contributed by atoms with van der Waals surface area (Å²) in [7, 11) is 2.88. The molecule has 1 aliphatic rings. The Balaban J connectivity index is 1.74. The number of carbonyl (C=O) groups is 4. The highest BCUT2D eigenvalue weighted by Crippen LogP contribution is 2.26. The fourth-order valence-electron chi connectivity index (χ4n) is 3.04. The third kappa shape index (κ3) is 3.80. The van der Waals surface area contributed by atoms with Gasteiger partial charge in [0.25, 0.3) is 11.8 Å². The first-order valence-electron chi connectivity index (χ1n) is 8.94. The summed E-state index contributed by atoms with van der Waals surface area (Å²) in [6, 6.07) is 8.76. The average Bonchev–Trinajstić information content (AvgIpc) is 3.01. The molecule has 8 nitrogen and oxygen atoms in total. The van der Waals surface area contributed by atoms with Crippen molar-refractivity contribution in [1.29, 1.82) is 0 Å². The normalized spacial score (nSPS) is 12.4. The number of ether oxygens (including phenoxy) is 3. The van der Waals surface area contributed by atoms with E-state index in [0.717, 1.165) is 4.90 Å². The lowest BCUT2D eigenvalue weighted by Crippen LogP contribution is -2.29. The number of amides is 2. The van der Waals surface area contributed by atoms with Crippen molar-refractivity contribution < 1.29 is 33.4 Å². The maximum atomic E-state index is 12.5. The van der Waals surface area contributed by atoms with Crippen LogP contribution in [0.4, 0.5) is 0 Å². The molecule has 0 saturated heterocycles. The summed E-state index contributed by atoms with van der Waals surface area (Å²) in [5.41, 5.74) is 0.577. The summed E-state index contributed by atoms with van der Waals surface area (Å²) in [4.78, 5) is 50.5. The van der Waals surface area contributed by atoms with Crippen molar-refractivity contribution >= 4 is 23.6 Å². The number of methoxy groups -OCH3 is 2. The monoisotopic (exact) mass is 409 g/mol. The van der Waals surface area contributed by atoms with Crippen molar-refractivity contribution in [2.24, 2.45) is 0 Å². The second-order valence-electron chi connectivity index (χ2n) is 6.34. The number of nitrogens with zero attached hydrogens (tertiary/aromatic N) is 1. The highest BCUT2D eigenvalue weighted by Gasteiger charge is 2.35. The molecule has 0 atom stereocenters. The van der Waals surface area contributed by atoms with Crippen molar-refractivity contribution in [3.05, 3.63) is 71.3 Å². The number of benzene rings is 2. The number of rotatable bonds is 8. The van der Waals surface area contributed by atoms with Gasteiger partial charge in [0.15, 0.2) is 6.61 Å². The minimum absolute atomic E-state index is 0.0563. The minimum Gasteiger partial charge on any atom is -0.497 e. The van der Waals surface area contributed by atoms with Crippen molar-refractivity contribution in [1.82, 2.24) is 4.90 Å². The number of ketones is 1. The van der Waals surface area contributed by atoms with Crippen LogP contribution >= 0.6 is 0 Å². The molecule has 1 aliphatic heterocycles. The fourth-order valence-corrected chi connectivity index (χ4v) is 3.04. The predicted molar refractivity (Wildman–Crippen MR) is 106 cm³/mol. The Morgan fingerprint density at radius 1 is 1.00 bits per heavy atom. The van der Waals surface area contributed by atoms with Crippen LogP contribution in [0.3, 0.4) is 0 Å². The molecule has 0 spiro atoms. The van der Waals surface area contributed by atoms with E-state index in [2.05, 4.69) is 6.58 Å². The molecule has 0 saturated carbocycles. The number of carbonyl (C=O) groups excluding carboxylic acids is 4. The smallest absolute Gasteiger partial charge is 0.338 e. The van der Waals surface area contributed by atoms with E-state index in [1.54, 1.807) is 12.1 Å². The maximum Gasteiger partial charge on any atom is 0.338 e. The Kier molecular flexibility index (Phi) is 5.96. The second-order valence-corrected chi connectivity index (χ2v) is 6.34. The quantitative estimate of drug-likeness (QED) is 0.286. The predicted octanol–water partition coefficient (Wildman–Crippen LogP) is 2.53. The fraction of sp³-hybridized carbons (Fsp3) is 0.182. The van der Waals surface area contributed by atoms with Gasteiger partial charge in [-0.2, -0.15) is 0 Å². The van der Waals surface area contributed by atoms with Crippen LogP contribution < -0.4 is 9.47 Å². The minimum atomic E-state index is -0.796. The maximum absolute atomic E-state index is 12.5. The van der Waals surface area contributed by atoms with E-state index in [0.29, 0.717) is 11.5 Å². The van der Waals surface area contributed by atoms with E-state index in [1.807, 2.05) is 0 Å². The van der Waals surface area contributed by atoms with Crippen LogP contribution in [0.2, 0.25) is 0 Å². The molecule has 1 heterocycles. The molecule has 0 N–H and O–H groups in total. The highest BCUT2D eigenvalue weighted by molar-refractivity contribution is 6.22. The first-order chi connectivity index (χ1) is 14.4. The summed E-state index contributed by atoms with van der Waals surface area (Å²) < 4.78 is 15.4. The van der Waals surface area contributed by atoms with E-state index in [-0.39, 0.29) is 28.8 Å². The molecule has 2 aromatic rings. The number of hydrogen-bond acceptors (Lipinski definition) is 7. The molecule has 0 radical (unpaired) electrons. The van der Waals surface area contributed by atoms with E-state index >= 15 is 0 Å². The third-order valence-electron chi connectivity index (χ3n) is 4.56. The number of imide groups is 1. The van der Waals surface area contributed by atoms with Gasteiger partial charge >= 0.3 is 5.97 Å². The molecule has 0 fully saturated rings. The largest absolute Gasteiger partial charge is 0.497 e. The van der Waals surface area contributed by atoms with E-state index in [9.17, 15) is 19.2 Å². The van der Waals surface area contributed by atoms with Crippen LogP contribution in [0, 0.1) is 0 Å². The molecule has 3 rings (SSSR count). The number of Topliss-reactive ketones (excluding diaryl/α,β-unsaturated/α-hetero) is 1. The topological polar surface area (TPSA) is 99.2 Å². The zero-order valence-electron chi connectivity index (χ0n) is 16.5. The summed E-state index contributed by atoms with van der Waals surface area (Å²) >= 11 is 0. The van der Waals surface area contributed by atoms with Crippen LogP contribution in [0.1, 0.15) is 41.4 Å². The molecule has 30 heavy (non-hydrogen) atoms. The summed E-state index contributed by atoms with van der Waals surface area (Å²) in [6.07, 6.45) is 1.44. The van der Waals surface area contributed by atoms with Gasteiger partial charge in [-0.15, -0.1) is 6.58 Å². The zero-order valence-corrected chi connectivity index (χ0v) is 16.5. The van der Waals surface area contributed by atoms with Gasteiger partial charge in [0.2, 0.25) is 5.78 Å². The van der Waals surface area contributed by atoms with Gasteiger partial charge in [-0.05, 0) is 36.4 Å². The van der Waals surface area contributed by atoms with Crippen LogP contribution in [-0.2, 0) is 4.74 Å². The Morgan fingerprint density at radius 2 is 1.73 bits per heavy atom. The van der Waals surface area contributed by atoms with E-state index in [1.165, 1.54) is 44.6 Å².